The van der Waals surface area contributed by atoms with Crippen LogP contribution in [0.3, 0.4) is 0 Å². The maximum Gasteiger partial charge on any atom is 0.355 e. The molecule has 0 saturated carbocycles. The van der Waals surface area contributed by atoms with Gasteiger partial charge in [-0.1, -0.05) is 44.2 Å². The number of hydrogen-bond acceptors (Lipinski definition) is 5. The summed E-state index contributed by atoms with van der Waals surface area (Å²) < 4.78 is 25.1. The van der Waals surface area contributed by atoms with Crippen LogP contribution in [0, 0.1) is 5.82 Å². The van der Waals surface area contributed by atoms with E-state index in [9.17, 15) is 14.3 Å². The van der Waals surface area contributed by atoms with Crippen LogP contribution < -0.4 is 4.74 Å². The predicted molar refractivity (Wildman–Crippen MR) is 157 cm³/mol. The summed E-state index contributed by atoms with van der Waals surface area (Å²) in [5.41, 5.74) is 4.59. The Labute approximate surface area is 237 Å². The summed E-state index contributed by atoms with van der Waals surface area (Å²) in [5, 5.41) is 20.1. The number of rotatable bonds is 10. The Morgan fingerprint density at radius 2 is 1.90 bits per heavy atom. The first-order valence-corrected chi connectivity index (χ1v) is 13.3. The van der Waals surface area contributed by atoms with Crippen LogP contribution in [0.2, 0.25) is 5.02 Å². The standard InChI is InChI=1S/C30H29ClFN3O4.CH4/c1-3-23-27(24(16-36)35-34-23)26-22(31)13-12-21-20(29(33-28(21)26)30(37)38-4-2)8-6-14-39-25-9-5-7-17-15-18(32)10-11-19(17)25;/h5,7,9-13,15,33,36H,3-4,6,8,14,16H2,1-2H3,(H,34,35);1H4. The molecule has 0 aliphatic rings. The smallest absolute Gasteiger partial charge is 0.355 e. The number of H-pyrrole nitrogens is 2. The minimum Gasteiger partial charge on any atom is -0.493 e. The highest BCUT2D eigenvalue weighted by molar-refractivity contribution is 6.35. The van der Waals surface area contributed by atoms with E-state index >= 15 is 0 Å². The second-order valence-corrected chi connectivity index (χ2v) is 9.56. The number of nitrogens with zero attached hydrogens (tertiary/aromatic N) is 1. The number of halogens is 2. The Hall–Kier alpha value is -3.88. The number of ether oxygens (including phenoxy) is 2. The normalized spacial score (nSPS) is 11.1. The largest absolute Gasteiger partial charge is 0.493 e. The molecule has 2 heterocycles. The quantitative estimate of drug-likeness (QED) is 0.121. The van der Waals surface area contributed by atoms with Crippen molar-refractivity contribution in [3.05, 3.63) is 82.0 Å². The second-order valence-electron chi connectivity index (χ2n) is 9.15. The number of carbonyl (C=O) groups excluding carboxylic acids is 1. The molecule has 40 heavy (non-hydrogen) atoms. The number of hydrogen-bond donors (Lipinski definition) is 3. The minimum atomic E-state index is -0.451. The summed E-state index contributed by atoms with van der Waals surface area (Å²) in [6.07, 6.45) is 1.78. The molecule has 0 aliphatic heterocycles. The van der Waals surface area contributed by atoms with E-state index in [2.05, 4.69) is 15.2 Å². The van der Waals surface area contributed by atoms with Gasteiger partial charge in [-0.15, -0.1) is 0 Å². The van der Waals surface area contributed by atoms with Crippen molar-refractivity contribution in [1.82, 2.24) is 15.2 Å². The maximum absolute atomic E-state index is 13.6. The van der Waals surface area contributed by atoms with Crippen molar-refractivity contribution in [1.29, 1.82) is 0 Å². The first kappa shape index (κ1) is 29.1. The SMILES string of the molecule is C.CCOC(=O)c1[nH]c2c(-c3c(CC)n[nH]c3CO)c(Cl)ccc2c1CCCOc1cccc2cc(F)ccc12. The molecular weight excluding hydrogens is 533 g/mol. The number of esters is 1. The van der Waals surface area contributed by atoms with Gasteiger partial charge in [-0.05, 0) is 67.5 Å². The van der Waals surface area contributed by atoms with Gasteiger partial charge in [-0.3, -0.25) is 5.10 Å². The molecule has 0 spiro atoms. The van der Waals surface area contributed by atoms with Gasteiger partial charge in [0, 0.05) is 21.9 Å². The fraction of sp³-hybridized carbons (Fsp3) is 0.290. The van der Waals surface area contributed by atoms with Gasteiger partial charge in [-0.2, -0.15) is 5.10 Å². The average Bonchev–Trinajstić information content (AvgIpc) is 3.52. The lowest BCUT2D eigenvalue weighted by atomic mass is 9.97. The van der Waals surface area contributed by atoms with E-state index in [0.717, 1.165) is 33.0 Å². The highest BCUT2D eigenvalue weighted by Crippen LogP contribution is 2.40. The van der Waals surface area contributed by atoms with Crippen LogP contribution in [-0.4, -0.2) is 39.5 Å². The third-order valence-electron chi connectivity index (χ3n) is 6.80. The lowest BCUT2D eigenvalue weighted by Crippen LogP contribution is -2.09. The van der Waals surface area contributed by atoms with Crippen molar-refractivity contribution in [2.45, 2.75) is 47.1 Å². The number of aromatic nitrogens is 3. The van der Waals surface area contributed by atoms with Crippen molar-refractivity contribution in [2.24, 2.45) is 0 Å². The molecule has 5 aromatic rings. The van der Waals surface area contributed by atoms with Crippen LogP contribution in [0.1, 0.15) is 55.1 Å². The molecule has 0 unspecified atom stereocenters. The van der Waals surface area contributed by atoms with Gasteiger partial charge in [0.25, 0.3) is 0 Å². The predicted octanol–water partition coefficient (Wildman–Crippen LogP) is 7.38. The van der Waals surface area contributed by atoms with Gasteiger partial charge in [-0.25, -0.2) is 9.18 Å². The molecular formula is C31H33ClFN3O4. The molecule has 0 atom stereocenters. The third-order valence-corrected chi connectivity index (χ3v) is 7.12. The van der Waals surface area contributed by atoms with Crippen molar-refractivity contribution < 1.29 is 23.8 Å². The van der Waals surface area contributed by atoms with Gasteiger partial charge in [0.2, 0.25) is 0 Å². The Bertz CT molecular complexity index is 1640. The van der Waals surface area contributed by atoms with Gasteiger partial charge in [0.1, 0.15) is 17.3 Å². The molecule has 0 bridgehead atoms. The van der Waals surface area contributed by atoms with Crippen LogP contribution in [0.5, 0.6) is 5.75 Å². The fourth-order valence-corrected chi connectivity index (χ4v) is 5.30. The zero-order valence-electron chi connectivity index (χ0n) is 21.7. The zero-order valence-corrected chi connectivity index (χ0v) is 22.5. The van der Waals surface area contributed by atoms with Crippen LogP contribution in [0.4, 0.5) is 4.39 Å². The Balaban J connectivity index is 0.00000370. The molecule has 3 N–H and O–H groups in total. The molecule has 0 fully saturated rings. The number of fused-ring (bicyclic) bond motifs is 2. The van der Waals surface area contributed by atoms with E-state index in [1.807, 2.05) is 31.2 Å². The first-order chi connectivity index (χ1) is 19.0. The van der Waals surface area contributed by atoms with Gasteiger partial charge in [0.05, 0.1) is 41.7 Å². The molecule has 3 aromatic carbocycles. The molecule has 2 aromatic heterocycles. The number of benzene rings is 3. The Morgan fingerprint density at radius 3 is 2.65 bits per heavy atom. The molecule has 0 saturated heterocycles. The first-order valence-electron chi connectivity index (χ1n) is 12.9. The van der Waals surface area contributed by atoms with Crippen molar-refractivity contribution in [2.75, 3.05) is 13.2 Å². The number of aromatic amines is 2. The van der Waals surface area contributed by atoms with Gasteiger partial charge >= 0.3 is 5.97 Å². The van der Waals surface area contributed by atoms with Crippen LogP contribution in [0.25, 0.3) is 32.8 Å². The molecule has 5 rings (SSSR count). The van der Waals surface area contributed by atoms with Crippen LogP contribution in [-0.2, 0) is 24.2 Å². The maximum atomic E-state index is 13.6. The zero-order chi connectivity index (χ0) is 27.5. The number of nitrogens with one attached hydrogen (secondary N) is 2. The molecule has 9 heteroatoms. The number of carbonyl (C=O) groups is 1. The summed E-state index contributed by atoms with van der Waals surface area (Å²) in [4.78, 5) is 16.3. The van der Waals surface area contributed by atoms with Crippen molar-refractivity contribution >= 4 is 39.2 Å². The summed E-state index contributed by atoms with van der Waals surface area (Å²) in [5.74, 6) is -0.0692. The number of aliphatic hydroxyl groups excluding tert-OH is 1. The summed E-state index contributed by atoms with van der Waals surface area (Å²) >= 11 is 6.70. The van der Waals surface area contributed by atoms with E-state index in [1.54, 1.807) is 19.1 Å². The van der Waals surface area contributed by atoms with Gasteiger partial charge < -0.3 is 19.6 Å². The molecule has 0 radical (unpaired) electrons. The van der Waals surface area contributed by atoms with Crippen molar-refractivity contribution in [3.63, 3.8) is 0 Å². The minimum absolute atomic E-state index is 0. The average molecular weight is 566 g/mol. The second kappa shape index (κ2) is 12.5. The van der Waals surface area contributed by atoms with Crippen molar-refractivity contribution in [3.8, 4) is 16.9 Å². The highest BCUT2D eigenvalue weighted by atomic mass is 35.5. The Kier molecular flexibility index (Phi) is 9.12. The molecule has 210 valence electrons. The lowest BCUT2D eigenvalue weighted by Gasteiger charge is -2.10. The Morgan fingerprint density at radius 1 is 1.10 bits per heavy atom. The summed E-state index contributed by atoms with van der Waals surface area (Å²) in [6.45, 7) is 4.14. The summed E-state index contributed by atoms with van der Waals surface area (Å²) in [6, 6.07) is 13.8. The van der Waals surface area contributed by atoms with Gasteiger partial charge in [0.15, 0.2) is 0 Å². The van der Waals surface area contributed by atoms with E-state index in [-0.39, 0.29) is 26.5 Å². The molecule has 0 amide bonds. The van der Waals surface area contributed by atoms with Crippen LogP contribution >= 0.6 is 11.6 Å². The summed E-state index contributed by atoms with van der Waals surface area (Å²) in [7, 11) is 0. The third kappa shape index (κ3) is 5.42. The number of aryl methyl sites for hydroxylation is 2. The number of aliphatic hydroxyl groups is 1. The molecule has 0 aliphatic carbocycles. The topological polar surface area (TPSA) is 100 Å². The highest BCUT2D eigenvalue weighted by Gasteiger charge is 2.25. The monoisotopic (exact) mass is 565 g/mol. The lowest BCUT2D eigenvalue weighted by molar-refractivity contribution is 0.0519. The van der Waals surface area contributed by atoms with E-state index in [1.165, 1.54) is 12.1 Å². The van der Waals surface area contributed by atoms with Crippen LogP contribution in [0.15, 0.2) is 48.5 Å². The van der Waals surface area contributed by atoms with E-state index < -0.39 is 5.97 Å². The van der Waals surface area contributed by atoms with E-state index in [4.69, 9.17) is 21.1 Å². The van der Waals surface area contributed by atoms with E-state index in [0.29, 0.717) is 59.1 Å². The fourth-order valence-electron chi connectivity index (χ4n) is 5.04. The molecule has 7 nitrogen and oxygen atoms in total.